The second-order valence-corrected chi connectivity index (χ2v) is 7.75. The minimum Gasteiger partial charge on any atom is -0.337 e. The van der Waals surface area contributed by atoms with Crippen molar-refractivity contribution in [2.24, 2.45) is 11.8 Å². The zero-order valence-electron chi connectivity index (χ0n) is 12.2. The Labute approximate surface area is 137 Å². The summed E-state index contributed by atoms with van der Waals surface area (Å²) < 4.78 is 0. The molecule has 0 saturated carbocycles. The molecule has 4 heterocycles. The molecule has 2 aliphatic rings. The zero-order valence-corrected chi connectivity index (χ0v) is 13.9. The van der Waals surface area contributed by atoms with Gasteiger partial charge in [0, 0.05) is 43.1 Å². The van der Waals surface area contributed by atoms with E-state index in [0.29, 0.717) is 11.6 Å². The highest BCUT2D eigenvalue weighted by atomic mass is 32.1. The van der Waals surface area contributed by atoms with E-state index in [-0.39, 0.29) is 5.91 Å². The third kappa shape index (κ3) is 2.80. The maximum Gasteiger partial charge on any atom is 0.273 e. The number of fused-ring (bicyclic) bond motifs is 1. The molecule has 22 heavy (non-hydrogen) atoms. The Kier molecular flexibility index (Phi) is 3.94. The van der Waals surface area contributed by atoms with Gasteiger partial charge in [0.2, 0.25) is 0 Å². The van der Waals surface area contributed by atoms with Crippen molar-refractivity contribution in [2.75, 3.05) is 26.2 Å². The molecule has 116 valence electrons. The predicted octanol–water partition coefficient (Wildman–Crippen LogP) is 2.19. The van der Waals surface area contributed by atoms with Gasteiger partial charge in [0.25, 0.3) is 5.91 Å². The van der Waals surface area contributed by atoms with Gasteiger partial charge in [0.05, 0.1) is 12.1 Å². The van der Waals surface area contributed by atoms with Crippen molar-refractivity contribution in [3.8, 4) is 0 Å². The van der Waals surface area contributed by atoms with Crippen LogP contribution in [0.2, 0.25) is 0 Å². The summed E-state index contributed by atoms with van der Waals surface area (Å²) in [6.45, 7) is 4.90. The summed E-state index contributed by atoms with van der Waals surface area (Å²) in [5.41, 5.74) is 2.33. The van der Waals surface area contributed by atoms with Crippen molar-refractivity contribution in [3.63, 3.8) is 0 Å². The molecule has 0 N–H and O–H groups in total. The summed E-state index contributed by atoms with van der Waals surface area (Å²) in [7, 11) is 0. The number of rotatable bonds is 3. The van der Waals surface area contributed by atoms with Crippen LogP contribution in [0.5, 0.6) is 0 Å². The average molecular weight is 334 g/mol. The fourth-order valence-electron chi connectivity index (χ4n) is 3.58. The molecule has 0 bridgehead atoms. The molecule has 1 amide bonds. The molecular formula is C15H18N4OS2. The first-order valence-electron chi connectivity index (χ1n) is 7.58. The lowest BCUT2D eigenvalue weighted by Crippen LogP contribution is -2.43. The number of thiazole rings is 2. The Morgan fingerprint density at radius 1 is 1.27 bits per heavy atom. The fourth-order valence-corrected chi connectivity index (χ4v) is 4.77. The molecular weight excluding hydrogens is 316 g/mol. The van der Waals surface area contributed by atoms with Crippen LogP contribution in [0.4, 0.5) is 0 Å². The lowest BCUT2D eigenvalue weighted by Gasteiger charge is -2.34. The number of carbonyl (C=O) groups excluding carboxylic acids is 1. The van der Waals surface area contributed by atoms with Gasteiger partial charge in [0.1, 0.15) is 10.7 Å². The van der Waals surface area contributed by atoms with E-state index in [1.165, 1.54) is 16.3 Å². The maximum absolute atomic E-state index is 12.4. The van der Waals surface area contributed by atoms with E-state index in [4.69, 9.17) is 0 Å². The molecule has 2 aliphatic heterocycles. The third-order valence-electron chi connectivity index (χ3n) is 4.66. The van der Waals surface area contributed by atoms with E-state index in [1.54, 1.807) is 16.8 Å². The number of hydrogen-bond acceptors (Lipinski definition) is 6. The number of carbonyl (C=O) groups is 1. The van der Waals surface area contributed by atoms with E-state index in [2.05, 4.69) is 14.9 Å². The Hall–Kier alpha value is -1.31. The van der Waals surface area contributed by atoms with Crippen molar-refractivity contribution in [3.05, 3.63) is 33.2 Å². The van der Waals surface area contributed by atoms with Crippen LogP contribution < -0.4 is 0 Å². The van der Waals surface area contributed by atoms with Gasteiger partial charge < -0.3 is 4.90 Å². The smallest absolute Gasteiger partial charge is 0.273 e. The van der Waals surface area contributed by atoms with Gasteiger partial charge >= 0.3 is 0 Å². The number of piperidine rings is 1. The van der Waals surface area contributed by atoms with Crippen LogP contribution in [0.1, 0.15) is 21.9 Å². The first-order valence-corrected chi connectivity index (χ1v) is 9.40. The number of hydrogen-bond donors (Lipinski definition) is 0. The molecule has 0 radical (unpaired) electrons. The van der Waals surface area contributed by atoms with Gasteiger partial charge in [-0.1, -0.05) is 0 Å². The topological polar surface area (TPSA) is 49.3 Å². The number of nitrogens with zero attached hydrogens (tertiary/aromatic N) is 4. The van der Waals surface area contributed by atoms with Crippen molar-refractivity contribution in [1.82, 2.24) is 19.8 Å². The minimum atomic E-state index is 0.0954. The molecule has 0 aromatic carbocycles. The van der Waals surface area contributed by atoms with Crippen molar-refractivity contribution < 1.29 is 4.79 Å². The molecule has 0 spiro atoms. The normalized spacial score (nSPS) is 25.4. The average Bonchev–Trinajstić information content (AvgIpc) is 3.27. The minimum absolute atomic E-state index is 0.0954. The van der Waals surface area contributed by atoms with Crippen molar-refractivity contribution in [2.45, 2.75) is 13.0 Å². The molecule has 2 atom stereocenters. The molecule has 2 fully saturated rings. The molecule has 2 saturated heterocycles. The number of amides is 1. The number of aromatic nitrogens is 2. The fraction of sp³-hybridized carbons (Fsp3) is 0.533. The van der Waals surface area contributed by atoms with Crippen LogP contribution in [0.25, 0.3) is 0 Å². The highest BCUT2D eigenvalue weighted by molar-refractivity contribution is 7.09. The largest absolute Gasteiger partial charge is 0.337 e. The van der Waals surface area contributed by atoms with Crippen LogP contribution in [-0.2, 0) is 6.54 Å². The lowest BCUT2D eigenvalue weighted by molar-refractivity contribution is 0.0637. The maximum atomic E-state index is 12.4. The van der Waals surface area contributed by atoms with Crippen molar-refractivity contribution >= 4 is 28.6 Å². The molecule has 7 heteroatoms. The van der Waals surface area contributed by atoms with Crippen LogP contribution in [-0.4, -0.2) is 51.9 Å². The standard InChI is InChI=1S/C15H18N4OS2/c20-15(13-9-21-10-17-13)19-3-1-11-5-18(6-12(11)7-19)8-14-16-2-4-22-14/h2,4,9-12H,1,3,5-8H2/t11-,12-/m1/s1. The molecule has 4 rings (SSSR count). The molecule has 0 unspecified atom stereocenters. The summed E-state index contributed by atoms with van der Waals surface area (Å²) in [6, 6.07) is 0. The quantitative estimate of drug-likeness (QED) is 0.863. The first kappa shape index (κ1) is 14.3. The van der Waals surface area contributed by atoms with E-state index < -0.39 is 0 Å². The Morgan fingerprint density at radius 3 is 2.95 bits per heavy atom. The number of likely N-dealkylation sites (tertiary alicyclic amines) is 2. The zero-order chi connectivity index (χ0) is 14.9. The van der Waals surface area contributed by atoms with E-state index in [1.807, 2.05) is 21.9 Å². The van der Waals surface area contributed by atoms with Crippen LogP contribution in [0, 0.1) is 11.8 Å². The Bertz CT molecular complexity index is 628. The highest BCUT2D eigenvalue weighted by Crippen LogP contribution is 2.32. The highest BCUT2D eigenvalue weighted by Gasteiger charge is 2.38. The Morgan fingerprint density at radius 2 is 2.18 bits per heavy atom. The third-order valence-corrected chi connectivity index (χ3v) is 6.01. The van der Waals surface area contributed by atoms with Gasteiger partial charge in [-0.2, -0.15) is 0 Å². The van der Waals surface area contributed by atoms with Crippen molar-refractivity contribution in [1.29, 1.82) is 0 Å². The van der Waals surface area contributed by atoms with E-state index in [9.17, 15) is 4.79 Å². The Balaban J connectivity index is 1.38. The monoisotopic (exact) mass is 334 g/mol. The predicted molar refractivity (Wildman–Crippen MR) is 87.0 cm³/mol. The second kappa shape index (κ2) is 6.06. The van der Waals surface area contributed by atoms with Gasteiger partial charge in [-0.15, -0.1) is 22.7 Å². The summed E-state index contributed by atoms with van der Waals surface area (Å²) >= 11 is 3.20. The van der Waals surface area contributed by atoms with Gasteiger partial charge in [-0.05, 0) is 18.3 Å². The summed E-state index contributed by atoms with van der Waals surface area (Å²) in [6.07, 6.45) is 2.98. The molecule has 0 aliphatic carbocycles. The SMILES string of the molecule is O=C(c1cscn1)N1CC[C@@H]2CN(Cc3nccs3)C[C@@H]2C1. The molecule has 5 nitrogen and oxygen atoms in total. The summed E-state index contributed by atoms with van der Waals surface area (Å²) in [5, 5.41) is 5.07. The van der Waals surface area contributed by atoms with Crippen LogP contribution >= 0.6 is 22.7 Å². The molecule has 2 aromatic rings. The summed E-state index contributed by atoms with van der Waals surface area (Å²) in [4.78, 5) is 25.4. The second-order valence-electron chi connectivity index (χ2n) is 6.05. The molecule has 2 aromatic heterocycles. The first-order chi connectivity index (χ1) is 10.8. The van der Waals surface area contributed by atoms with Crippen LogP contribution in [0.15, 0.2) is 22.5 Å². The van der Waals surface area contributed by atoms with Gasteiger partial charge in [0.15, 0.2) is 0 Å². The van der Waals surface area contributed by atoms with Gasteiger partial charge in [-0.3, -0.25) is 9.69 Å². The lowest BCUT2D eigenvalue weighted by atomic mass is 9.88. The van der Waals surface area contributed by atoms with E-state index >= 15 is 0 Å². The summed E-state index contributed by atoms with van der Waals surface area (Å²) in [5.74, 6) is 1.41. The van der Waals surface area contributed by atoms with Gasteiger partial charge in [-0.25, -0.2) is 9.97 Å². The van der Waals surface area contributed by atoms with E-state index in [0.717, 1.165) is 45.1 Å². The van der Waals surface area contributed by atoms with Crippen LogP contribution in [0.3, 0.4) is 0 Å².